The van der Waals surface area contributed by atoms with Crippen molar-refractivity contribution >= 4 is 16.0 Å². The summed E-state index contributed by atoms with van der Waals surface area (Å²) in [6, 6.07) is -0.0269. The first-order valence-corrected chi connectivity index (χ1v) is 7.94. The van der Waals surface area contributed by atoms with E-state index in [4.69, 9.17) is 4.74 Å². The highest BCUT2D eigenvalue weighted by molar-refractivity contribution is 7.89. The van der Waals surface area contributed by atoms with E-state index in [-0.39, 0.29) is 18.7 Å². The lowest BCUT2D eigenvalue weighted by Gasteiger charge is -2.26. The minimum Gasteiger partial charge on any atom is -0.465 e. The largest absolute Gasteiger partial charge is 0.465 e. The Labute approximate surface area is 108 Å². The molecule has 0 spiro atoms. The molecular formula is C11H20N2O4S. The van der Waals surface area contributed by atoms with Crippen LogP contribution in [0, 0.1) is 5.92 Å². The van der Waals surface area contributed by atoms with Crippen LogP contribution in [-0.2, 0) is 19.6 Å². The highest BCUT2D eigenvalue weighted by atomic mass is 32.2. The minimum atomic E-state index is -3.57. The lowest BCUT2D eigenvalue weighted by molar-refractivity contribution is -0.140. The standard InChI is InChI=1S/C11H20N2O4S/c1-3-17-11(14)7-18(15,16)13-8(2)4-9-5-12-6-10(9)13/h8-10,12H,3-7H2,1-2H3. The number of hydrogen-bond donors (Lipinski definition) is 1. The van der Waals surface area contributed by atoms with Crippen molar-refractivity contribution in [1.82, 2.24) is 9.62 Å². The Hall–Kier alpha value is -0.660. The van der Waals surface area contributed by atoms with Gasteiger partial charge in [-0.25, -0.2) is 8.42 Å². The number of nitrogens with zero attached hydrogens (tertiary/aromatic N) is 1. The van der Waals surface area contributed by atoms with E-state index < -0.39 is 21.7 Å². The van der Waals surface area contributed by atoms with Crippen LogP contribution in [0.25, 0.3) is 0 Å². The number of carbonyl (C=O) groups is 1. The van der Waals surface area contributed by atoms with Gasteiger partial charge in [-0.15, -0.1) is 0 Å². The van der Waals surface area contributed by atoms with Gasteiger partial charge in [-0.2, -0.15) is 4.31 Å². The second-order valence-corrected chi connectivity index (χ2v) is 6.84. The molecule has 3 atom stereocenters. The first-order chi connectivity index (χ1) is 8.45. The van der Waals surface area contributed by atoms with E-state index >= 15 is 0 Å². The van der Waals surface area contributed by atoms with Crippen LogP contribution in [0.15, 0.2) is 0 Å². The van der Waals surface area contributed by atoms with Gasteiger partial charge in [0.1, 0.15) is 0 Å². The van der Waals surface area contributed by atoms with Gasteiger partial charge in [0.2, 0.25) is 10.0 Å². The summed E-state index contributed by atoms with van der Waals surface area (Å²) in [5.74, 6) is -0.843. The summed E-state index contributed by atoms with van der Waals surface area (Å²) in [7, 11) is -3.57. The van der Waals surface area contributed by atoms with E-state index in [9.17, 15) is 13.2 Å². The number of ether oxygens (including phenoxy) is 1. The molecule has 2 rings (SSSR count). The fourth-order valence-electron chi connectivity index (χ4n) is 3.03. The number of fused-ring (bicyclic) bond motifs is 1. The number of carbonyl (C=O) groups excluding carboxylic acids is 1. The van der Waals surface area contributed by atoms with Crippen molar-refractivity contribution in [3.8, 4) is 0 Å². The molecule has 2 aliphatic heterocycles. The SMILES string of the molecule is CCOC(=O)CS(=O)(=O)N1C(C)CC2CNCC21. The first kappa shape index (κ1) is 13.8. The number of hydrogen-bond acceptors (Lipinski definition) is 5. The molecule has 0 aromatic carbocycles. The molecule has 0 aliphatic carbocycles. The van der Waals surface area contributed by atoms with Crippen molar-refractivity contribution in [2.24, 2.45) is 5.92 Å². The molecule has 6 nitrogen and oxygen atoms in total. The molecule has 2 heterocycles. The molecule has 0 amide bonds. The Bertz CT molecular complexity index is 423. The predicted octanol–water partition coefficient (Wildman–Crippen LogP) is -0.438. The van der Waals surface area contributed by atoms with Crippen LogP contribution in [0.5, 0.6) is 0 Å². The van der Waals surface area contributed by atoms with Crippen molar-refractivity contribution in [2.75, 3.05) is 25.4 Å². The topological polar surface area (TPSA) is 75.7 Å². The molecule has 0 aromatic rings. The number of nitrogens with one attached hydrogen (secondary N) is 1. The quantitative estimate of drug-likeness (QED) is 0.705. The summed E-state index contributed by atoms with van der Waals surface area (Å²) >= 11 is 0. The maximum Gasteiger partial charge on any atom is 0.322 e. The average molecular weight is 276 g/mol. The van der Waals surface area contributed by atoms with Crippen LogP contribution in [0.3, 0.4) is 0 Å². The van der Waals surface area contributed by atoms with E-state index in [1.54, 1.807) is 6.92 Å². The Morgan fingerprint density at radius 2 is 2.17 bits per heavy atom. The predicted molar refractivity (Wildman–Crippen MR) is 66.5 cm³/mol. The van der Waals surface area contributed by atoms with E-state index in [0.717, 1.165) is 13.0 Å². The Balaban J connectivity index is 2.11. The summed E-state index contributed by atoms with van der Waals surface area (Å²) in [5.41, 5.74) is 0. The first-order valence-electron chi connectivity index (χ1n) is 6.33. The molecule has 1 N–H and O–H groups in total. The van der Waals surface area contributed by atoms with Gasteiger partial charge >= 0.3 is 5.97 Å². The van der Waals surface area contributed by atoms with Crippen molar-refractivity contribution in [3.05, 3.63) is 0 Å². The molecule has 3 unspecified atom stereocenters. The molecule has 2 saturated heterocycles. The van der Waals surface area contributed by atoms with Crippen molar-refractivity contribution in [3.63, 3.8) is 0 Å². The molecule has 104 valence electrons. The molecular weight excluding hydrogens is 256 g/mol. The molecule has 0 bridgehead atoms. The maximum atomic E-state index is 12.3. The zero-order valence-corrected chi connectivity index (χ0v) is 11.6. The minimum absolute atomic E-state index is 0.000531. The second kappa shape index (κ2) is 5.14. The van der Waals surface area contributed by atoms with Gasteiger partial charge in [0.15, 0.2) is 5.75 Å². The van der Waals surface area contributed by atoms with Crippen LogP contribution in [0.1, 0.15) is 20.3 Å². The monoisotopic (exact) mass is 276 g/mol. The van der Waals surface area contributed by atoms with E-state index in [1.165, 1.54) is 4.31 Å². The lowest BCUT2D eigenvalue weighted by atomic mass is 10.0. The zero-order chi connectivity index (χ0) is 13.3. The Morgan fingerprint density at radius 1 is 1.44 bits per heavy atom. The third-order valence-electron chi connectivity index (χ3n) is 3.64. The van der Waals surface area contributed by atoms with Crippen LogP contribution in [0.2, 0.25) is 0 Å². The summed E-state index contributed by atoms with van der Waals surface area (Å²) < 4.78 is 30.8. The van der Waals surface area contributed by atoms with Gasteiger partial charge in [0.25, 0.3) is 0 Å². The van der Waals surface area contributed by atoms with Crippen LogP contribution in [0.4, 0.5) is 0 Å². The van der Waals surface area contributed by atoms with Crippen LogP contribution >= 0.6 is 0 Å². The molecule has 2 aliphatic rings. The zero-order valence-electron chi connectivity index (χ0n) is 10.8. The van der Waals surface area contributed by atoms with E-state index in [1.807, 2.05) is 6.92 Å². The van der Waals surface area contributed by atoms with Crippen molar-refractivity contribution < 1.29 is 17.9 Å². The summed E-state index contributed by atoms with van der Waals surface area (Å²) in [6.07, 6.45) is 0.861. The van der Waals surface area contributed by atoms with Gasteiger partial charge in [-0.1, -0.05) is 0 Å². The normalized spacial score (nSPS) is 32.4. The second-order valence-electron chi connectivity index (χ2n) is 4.96. The third-order valence-corrected chi connectivity index (χ3v) is 5.51. The summed E-state index contributed by atoms with van der Waals surface area (Å²) in [6.45, 7) is 5.32. The van der Waals surface area contributed by atoms with Crippen LogP contribution in [-0.4, -0.2) is 56.2 Å². The average Bonchev–Trinajstić information content (AvgIpc) is 2.75. The van der Waals surface area contributed by atoms with E-state index in [2.05, 4.69) is 5.32 Å². The van der Waals surface area contributed by atoms with Gasteiger partial charge in [0, 0.05) is 18.6 Å². The highest BCUT2D eigenvalue weighted by Crippen LogP contribution is 2.34. The highest BCUT2D eigenvalue weighted by Gasteiger charge is 2.47. The lowest BCUT2D eigenvalue weighted by Crippen LogP contribution is -2.45. The Kier molecular flexibility index (Phi) is 3.93. The molecule has 2 fully saturated rings. The van der Waals surface area contributed by atoms with Gasteiger partial charge in [0.05, 0.1) is 6.61 Å². The maximum absolute atomic E-state index is 12.3. The summed E-state index contributed by atoms with van der Waals surface area (Å²) in [5, 5.41) is 3.20. The van der Waals surface area contributed by atoms with Gasteiger partial charge in [-0.05, 0) is 32.7 Å². The number of rotatable bonds is 4. The molecule has 0 aromatic heterocycles. The molecule has 0 radical (unpaired) electrons. The fraction of sp³-hybridized carbons (Fsp3) is 0.909. The fourth-order valence-corrected chi connectivity index (χ4v) is 4.86. The molecule has 18 heavy (non-hydrogen) atoms. The molecule has 7 heteroatoms. The number of esters is 1. The third kappa shape index (κ3) is 2.53. The molecule has 0 saturated carbocycles. The Morgan fingerprint density at radius 3 is 2.83 bits per heavy atom. The smallest absolute Gasteiger partial charge is 0.322 e. The van der Waals surface area contributed by atoms with Gasteiger partial charge < -0.3 is 10.1 Å². The number of sulfonamides is 1. The van der Waals surface area contributed by atoms with Crippen LogP contribution < -0.4 is 5.32 Å². The summed E-state index contributed by atoms with van der Waals surface area (Å²) in [4.78, 5) is 11.4. The van der Waals surface area contributed by atoms with Crippen molar-refractivity contribution in [2.45, 2.75) is 32.4 Å². The van der Waals surface area contributed by atoms with E-state index in [0.29, 0.717) is 12.5 Å². The van der Waals surface area contributed by atoms with Gasteiger partial charge in [-0.3, -0.25) is 4.79 Å². The van der Waals surface area contributed by atoms with Crippen molar-refractivity contribution in [1.29, 1.82) is 0 Å².